The van der Waals surface area contributed by atoms with E-state index in [0.717, 1.165) is 122 Å². The molecule has 0 heterocycles. The second kappa shape index (κ2) is 60.7. The molecule has 0 N–H and O–H groups in total. The molecule has 0 saturated carbocycles. The molecule has 0 amide bonds. The van der Waals surface area contributed by atoms with E-state index >= 15 is 0 Å². The molecule has 0 bridgehead atoms. The highest BCUT2D eigenvalue weighted by molar-refractivity contribution is 5.70. The van der Waals surface area contributed by atoms with Gasteiger partial charge in [-0.25, -0.2) is 0 Å². The number of carboxylic acid groups (broad SMARTS) is 1. The lowest BCUT2D eigenvalue weighted by Gasteiger charge is -2.26. The number of allylic oxidation sites excluding steroid dienone is 28. The number of hydrogen-bond donors (Lipinski definition) is 0. The van der Waals surface area contributed by atoms with Crippen molar-refractivity contribution in [3.63, 3.8) is 0 Å². The first-order chi connectivity index (χ1) is 39.6. The van der Waals surface area contributed by atoms with E-state index in [1.54, 1.807) is 0 Å². The molecule has 9 nitrogen and oxygen atoms in total. The molecule has 0 aliphatic carbocycles. The Morgan fingerprint density at radius 2 is 0.679 bits per heavy atom. The van der Waals surface area contributed by atoms with E-state index in [-0.39, 0.29) is 38.6 Å². The molecule has 0 rings (SSSR count). The maximum absolute atomic E-state index is 12.9. The van der Waals surface area contributed by atoms with Crippen molar-refractivity contribution < 1.29 is 42.9 Å². The van der Waals surface area contributed by atoms with Gasteiger partial charge in [0, 0.05) is 12.8 Å². The van der Waals surface area contributed by atoms with Gasteiger partial charge in [-0.05, 0) is 122 Å². The molecule has 2 unspecified atom stereocenters. The van der Waals surface area contributed by atoms with Gasteiger partial charge in [0.2, 0.25) is 0 Å². The predicted octanol–water partition coefficient (Wildman–Crippen LogP) is 17.8. The number of nitrogens with zero attached hydrogens (tertiary/aromatic N) is 1. The van der Waals surface area contributed by atoms with Crippen LogP contribution in [0, 0.1) is 0 Å². The van der Waals surface area contributed by atoms with Crippen LogP contribution in [-0.2, 0) is 33.3 Å². The number of ether oxygens (including phenoxy) is 4. The quantitative estimate of drug-likeness (QED) is 0.0195. The second-order valence-corrected chi connectivity index (χ2v) is 21.2. The molecule has 0 radical (unpaired) electrons. The third kappa shape index (κ3) is 62.1. The van der Waals surface area contributed by atoms with E-state index in [1.807, 2.05) is 27.2 Å². The summed E-state index contributed by atoms with van der Waals surface area (Å²) in [6.45, 7) is 4.42. The monoisotopic (exact) mass is 1120 g/mol. The summed E-state index contributed by atoms with van der Waals surface area (Å²) >= 11 is 0. The molecule has 81 heavy (non-hydrogen) atoms. The Hall–Kier alpha value is -5.35. The van der Waals surface area contributed by atoms with Crippen LogP contribution in [0.3, 0.4) is 0 Å². The zero-order chi connectivity index (χ0) is 59.1. The summed E-state index contributed by atoms with van der Waals surface area (Å²) in [7, 11) is 5.89. The highest BCUT2D eigenvalue weighted by Crippen LogP contribution is 2.14. The maximum Gasteiger partial charge on any atom is 0.306 e. The largest absolute Gasteiger partial charge is 0.545 e. The number of likely N-dealkylation sites (N-methyl/N-ethyl adjacent to an activating group) is 1. The van der Waals surface area contributed by atoms with Crippen molar-refractivity contribution in [2.45, 2.75) is 219 Å². The van der Waals surface area contributed by atoms with Gasteiger partial charge in [0.25, 0.3) is 0 Å². The fourth-order valence-corrected chi connectivity index (χ4v) is 7.74. The molecule has 0 aliphatic rings. The van der Waals surface area contributed by atoms with Gasteiger partial charge in [-0.1, -0.05) is 242 Å². The van der Waals surface area contributed by atoms with Crippen molar-refractivity contribution in [3.05, 3.63) is 170 Å². The second-order valence-electron chi connectivity index (χ2n) is 21.2. The summed E-state index contributed by atoms with van der Waals surface area (Å²) < 4.78 is 22.6. The van der Waals surface area contributed by atoms with E-state index in [0.29, 0.717) is 23.9 Å². The number of hydrogen-bond acceptors (Lipinski definition) is 8. The zero-order valence-corrected chi connectivity index (χ0v) is 51.6. The highest BCUT2D eigenvalue weighted by Gasteiger charge is 2.22. The third-order valence-electron chi connectivity index (χ3n) is 12.5. The van der Waals surface area contributed by atoms with E-state index < -0.39 is 24.3 Å². The minimum atomic E-state index is -1.65. The van der Waals surface area contributed by atoms with Gasteiger partial charge in [-0.2, -0.15) is 0 Å². The van der Waals surface area contributed by atoms with E-state index in [2.05, 4.69) is 178 Å². The van der Waals surface area contributed by atoms with Crippen molar-refractivity contribution in [3.8, 4) is 0 Å². The average Bonchev–Trinajstić information content (AvgIpc) is 3.44. The number of aliphatic carboxylic acids is 1. The number of carbonyl (C=O) groups excluding carboxylic acids is 3. The molecule has 0 aromatic rings. The van der Waals surface area contributed by atoms with Crippen molar-refractivity contribution >= 4 is 17.9 Å². The lowest BCUT2D eigenvalue weighted by atomic mass is 10.0. The molecule has 0 aromatic heterocycles. The van der Waals surface area contributed by atoms with Gasteiger partial charge in [0.15, 0.2) is 12.4 Å². The van der Waals surface area contributed by atoms with Gasteiger partial charge in [0.1, 0.15) is 13.2 Å². The number of esters is 2. The van der Waals surface area contributed by atoms with Crippen molar-refractivity contribution in [1.29, 1.82) is 0 Å². The SMILES string of the molecule is CC/C=C\C/C=C\C/C=C\C/C=C\C/C=C\C/C=C\C/C=C\C/C=C\C/C=C\CCCC(=O)OC(COC(=O)CCCCCCCCCCCCC/C=C\C/C=C\C/C=C\C/C=C\C/C=C\CC)COC(OCC[N+](C)(C)C)C(=O)[O-]. The van der Waals surface area contributed by atoms with Crippen LogP contribution in [-0.4, -0.2) is 82.3 Å². The molecule has 0 fully saturated rings. The first-order valence-electron chi connectivity index (χ1n) is 31.3. The van der Waals surface area contributed by atoms with Crippen molar-refractivity contribution in [2.24, 2.45) is 0 Å². The van der Waals surface area contributed by atoms with Crippen LogP contribution >= 0.6 is 0 Å². The van der Waals surface area contributed by atoms with Crippen LogP contribution in [0.2, 0.25) is 0 Å². The maximum atomic E-state index is 12.9. The minimum Gasteiger partial charge on any atom is -0.545 e. The number of rotatable bonds is 55. The third-order valence-corrected chi connectivity index (χ3v) is 12.5. The zero-order valence-electron chi connectivity index (χ0n) is 51.6. The first-order valence-corrected chi connectivity index (χ1v) is 31.3. The van der Waals surface area contributed by atoms with Crippen LogP contribution in [0.1, 0.15) is 206 Å². The van der Waals surface area contributed by atoms with E-state index in [4.69, 9.17) is 18.9 Å². The lowest BCUT2D eigenvalue weighted by molar-refractivity contribution is -0.870. The van der Waals surface area contributed by atoms with Gasteiger partial charge in [-0.15, -0.1) is 0 Å². The number of carboxylic acids is 1. The molecule has 0 saturated heterocycles. The van der Waals surface area contributed by atoms with Crippen LogP contribution < -0.4 is 5.11 Å². The summed E-state index contributed by atoms with van der Waals surface area (Å²) in [6.07, 6.45) is 88.4. The van der Waals surface area contributed by atoms with Crippen LogP contribution in [0.5, 0.6) is 0 Å². The summed E-state index contributed by atoms with van der Waals surface area (Å²) in [5.41, 5.74) is 0. The number of quaternary nitrogens is 1. The molecule has 454 valence electrons. The Labute approximate surface area is 495 Å². The average molecular weight is 1120 g/mol. The Kier molecular flexibility index (Phi) is 56.7. The lowest BCUT2D eigenvalue weighted by Crippen LogP contribution is -2.44. The van der Waals surface area contributed by atoms with E-state index in [1.165, 1.54) is 44.9 Å². The Morgan fingerprint density at radius 1 is 0.370 bits per heavy atom. The number of unbranched alkanes of at least 4 members (excludes halogenated alkanes) is 12. The highest BCUT2D eigenvalue weighted by atomic mass is 16.7. The van der Waals surface area contributed by atoms with E-state index in [9.17, 15) is 19.5 Å². The Bertz CT molecular complexity index is 1930. The Balaban J connectivity index is 4.36. The topological polar surface area (TPSA) is 111 Å². The first kappa shape index (κ1) is 75.7. The summed E-state index contributed by atoms with van der Waals surface area (Å²) in [5.74, 6) is -2.39. The molecule has 0 aliphatic heterocycles. The van der Waals surface area contributed by atoms with Gasteiger partial charge >= 0.3 is 11.9 Å². The summed E-state index contributed by atoms with van der Waals surface area (Å²) in [4.78, 5) is 37.4. The molecule has 0 spiro atoms. The fourth-order valence-electron chi connectivity index (χ4n) is 7.74. The fraction of sp³-hybridized carbons (Fsp3) is 0.569. The molecule has 2 atom stereocenters. The summed E-state index contributed by atoms with van der Waals surface area (Å²) in [6, 6.07) is 0. The standard InChI is InChI=1S/C72H113NO8/c1-6-8-10-12-14-16-18-20-22-24-26-28-30-32-34-35-37-39-41-43-45-47-49-51-53-55-57-59-61-63-70(75)81-68(67-80-72(71(76)77)78-65-64-73(3,4)5)66-79-69(74)62-60-58-56-54-52-50-48-46-44-42-40-38-36-33-31-29-27-25-23-21-19-17-15-13-11-9-7-2/h8-11,14-17,20-23,26-29,32-34,36-37,39,43,45,49,51,55,57,68,72H,6-7,12-13,18-19,24-25,30-31,35,38,40-42,44,46-48,50,52-54,56,58-67H2,1-5H3/b10-8-,11-9-,16-14-,17-15-,22-20-,23-21-,28-26-,29-27-,34-32-,36-33-,39-37-,45-43-,51-49-,57-55-. The Morgan fingerprint density at radius 3 is 1.02 bits per heavy atom. The smallest absolute Gasteiger partial charge is 0.306 e. The minimum absolute atomic E-state index is 0.126. The summed E-state index contributed by atoms with van der Waals surface area (Å²) in [5, 5.41) is 11.8. The predicted molar refractivity (Wildman–Crippen MR) is 342 cm³/mol. The van der Waals surface area contributed by atoms with Crippen LogP contribution in [0.4, 0.5) is 0 Å². The van der Waals surface area contributed by atoms with Crippen molar-refractivity contribution in [2.75, 3.05) is 47.5 Å². The van der Waals surface area contributed by atoms with Crippen LogP contribution in [0.15, 0.2) is 170 Å². The molecular formula is C72H113NO8. The van der Waals surface area contributed by atoms with Gasteiger partial charge < -0.3 is 33.3 Å². The molecule has 9 heteroatoms. The molecule has 0 aromatic carbocycles. The van der Waals surface area contributed by atoms with Gasteiger partial charge in [-0.3, -0.25) is 9.59 Å². The molecular weight excluding hydrogens is 1010 g/mol. The van der Waals surface area contributed by atoms with Crippen LogP contribution in [0.25, 0.3) is 0 Å². The normalized spacial score (nSPS) is 13.9. The van der Waals surface area contributed by atoms with Gasteiger partial charge in [0.05, 0.1) is 40.3 Å². The number of carbonyl (C=O) groups is 3. The van der Waals surface area contributed by atoms with Crippen molar-refractivity contribution in [1.82, 2.24) is 0 Å².